The van der Waals surface area contributed by atoms with Gasteiger partial charge >= 0.3 is 0 Å². The molecule has 0 spiro atoms. The Hall–Kier alpha value is -0.910. The van der Waals surface area contributed by atoms with E-state index in [9.17, 15) is 9.59 Å². The predicted molar refractivity (Wildman–Crippen MR) is 79.4 cm³/mol. The summed E-state index contributed by atoms with van der Waals surface area (Å²) in [6.45, 7) is 2.22. The first-order valence-electron chi connectivity index (χ1n) is 6.92. The second-order valence-electron chi connectivity index (χ2n) is 5.52. The Balaban J connectivity index is 1.57. The van der Waals surface area contributed by atoms with Crippen LogP contribution in [0.2, 0.25) is 4.34 Å². The Labute approximate surface area is 127 Å². The third kappa shape index (κ3) is 3.05. The van der Waals surface area contributed by atoms with Gasteiger partial charge in [0, 0.05) is 25.6 Å². The van der Waals surface area contributed by atoms with Crippen molar-refractivity contribution in [1.29, 1.82) is 0 Å². The van der Waals surface area contributed by atoms with E-state index in [1.165, 1.54) is 11.3 Å². The maximum Gasteiger partial charge on any atom is 0.220 e. The molecule has 2 aliphatic rings. The minimum atomic E-state index is 0.139. The van der Waals surface area contributed by atoms with Crippen LogP contribution in [0.4, 0.5) is 0 Å². The maximum absolute atomic E-state index is 12.2. The number of Topliss-reactive ketones (excluding diaryl/α,β-unsaturated/α-hetero) is 1. The summed E-state index contributed by atoms with van der Waals surface area (Å²) in [5.74, 6) is 0.797. The number of nitrogens with one attached hydrogen (secondary N) is 1. The van der Waals surface area contributed by atoms with E-state index < -0.39 is 0 Å². The van der Waals surface area contributed by atoms with Crippen molar-refractivity contribution in [2.45, 2.75) is 25.3 Å². The molecule has 3 rings (SSSR count). The lowest BCUT2D eigenvalue weighted by molar-refractivity contribution is -0.125. The molecule has 2 saturated heterocycles. The monoisotopic (exact) mass is 312 g/mol. The number of rotatable bonds is 3. The number of carbonyl (C=O) groups is 2. The van der Waals surface area contributed by atoms with Gasteiger partial charge in [-0.2, -0.15) is 0 Å². The van der Waals surface area contributed by atoms with Crippen LogP contribution in [-0.4, -0.2) is 42.3 Å². The summed E-state index contributed by atoms with van der Waals surface area (Å²) < 4.78 is 0.655. The summed E-state index contributed by atoms with van der Waals surface area (Å²) in [5.41, 5.74) is 0. The normalized spacial score (nSPS) is 26.9. The molecule has 0 bridgehead atoms. The largest absolute Gasteiger partial charge is 0.353 e. The topological polar surface area (TPSA) is 49.4 Å². The van der Waals surface area contributed by atoms with E-state index in [2.05, 4.69) is 10.2 Å². The maximum atomic E-state index is 12.2. The molecule has 0 aliphatic carbocycles. The molecule has 2 aliphatic heterocycles. The average Bonchev–Trinajstić information content (AvgIpc) is 2.86. The number of nitrogens with zero attached hydrogens (tertiary/aromatic N) is 1. The van der Waals surface area contributed by atoms with Crippen molar-refractivity contribution in [3.63, 3.8) is 0 Å². The number of amides is 1. The predicted octanol–water partition coefficient (Wildman–Crippen LogP) is 2.18. The van der Waals surface area contributed by atoms with Gasteiger partial charge in [0.05, 0.1) is 15.8 Å². The number of piperidine rings is 2. The number of ketones is 1. The fraction of sp³-hybridized carbons (Fsp3) is 0.571. The van der Waals surface area contributed by atoms with Crippen LogP contribution in [0.25, 0.3) is 0 Å². The van der Waals surface area contributed by atoms with Crippen LogP contribution in [0, 0.1) is 5.92 Å². The van der Waals surface area contributed by atoms with Gasteiger partial charge < -0.3 is 5.32 Å². The first kappa shape index (κ1) is 14.0. The number of carbonyl (C=O) groups excluding carboxylic acids is 2. The zero-order valence-electron chi connectivity index (χ0n) is 11.1. The summed E-state index contributed by atoms with van der Waals surface area (Å²) in [6.07, 6.45) is 2.49. The Bertz CT molecular complexity index is 531. The van der Waals surface area contributed by atoms with Crippen LogP contribution < -0.4 is 5.32 Å². The first-order chi connectivity index (χ1) is 9.61. The van der Waals surface area contributed by atoms with Crippen molar-refractivity contribution in [1.82, 2.24) is 10.2 Å². The van der Waals surface area contributed by atoms with Gasteiger partial charge in [0.1, 0.15) is 0 Å². The van der Waals surface area contributed by atoms with E-state index in [0.717, 1.165) is 30.8 Å². The number of likely N-dealkylation sites (tertiary alicyclic amines) is 1. The lowest BCUT2D eigenvalue weighted by Gasteiger charge is -2.41. The molecule has 1 aromatic heterocycles. The second kappa shape index (κ2) is 5.84. The molecular formula is C14H17ClN2O2S. The van der Waals surface area contributed by atoms with Gasteiger partial charge in [-0.05, 0) is 30.9 Å². The first-order valence-corrected chi connectivity index (χ1v) is 8.11. The molecule has 1 aromatic rings. The van der Waals surface area contributed by atoms with Gasteiger partial charge in [-0.3, -0.25) is 14.5 Å². The summed E-state index contributed by atoms with van der Waals surface area (Å²) in [5, 5.41) is 3.06. The Morgan fingerprint density at radius 2 is 2.30 bits per heavy atom. The van der Waals surface area contributed by atoms with Crippen LogP contribution in [0.1, 0.15) is 28.9 Å². The van der Waals surface area contributed by atoms with Crippen LogP contribution in [0.5, 0.6) is 0 Å². The molecule has 2 fully saturated rings. The van der Waals surface area contributed by atoms with E-state index in [-0.39, 0.29) is 11.7 Å². The van der Waals surface area contributed by atoms with Gasteiger partial charge in [0.15, 0.2) is 5.78 Å². The highest BCUT2D eigenvalue weighted by Gasteiger charge is 2.34. The second-order valence-corrected chi connectivity index (χ2v) is 7.24. The number of thiophene rings is 1. The fourth-order valence-corrected chi connectivity index (χ4v) is 4.05. The molecule has 2 unspecified atom stereocenters. The minimum absolute atomic E-state index is 0.139. The Morgan fingerprint density at radius 3 is 3.05 bits per heavy atom. The molecule has 108 valence electrons. The molecule has 0 radical (unpaired) electrons. The van der Waals surface area contributed by atoms with Gasteiger partial charge in [0.2, 0.25) is 5.91 Å². The van der Waals surface area contributed by atoms with Crippen LogP contribution in [0.15, 0.2) is 12.1 Å². The molecular weight excluding hydrogens is 296 g/mol. The standard InChI is InChI=1S/C14H17ClN2O2S/c15-13-3-2-12(20-13)11(18)8-17-6-5-10-9(7-17)1-4-14(19)16-10/h2-3,9-10H,1,4-8H2,(H,16,19). The summed E-state index contributed by atoms with van der Waals surface area (Å²) in [7, 11) is 0. The van der Waals surface area contributed by atoms with Gasteiger partial charge in [-0.1, -0.05) is 11.6 Å². The van der Waals surface area contributed by atoms with Crippen LogP contribution in [-0.2, 0) is 4.79 Å². The molecule has 0 aromatic carbocycles. The summed E-state index contributed by atoms with van der Waals surface area (Å²) in [6, 6.07) is 3.87. The van der Waals surface area contributed by atoms with E-state index in [4.69, 9.17) is 11.6 Å². The minimum Gasteiger partial charge on any atom is -0.353 e. The Morgan fingerprint density at radius 1 is 1.45 bits per heavy atom. The molecule has 1 amide bonds. The van der Waals surface area contributed by atoms with Gasteiger partial charge in [-0.25, -0.2) is 0 Å². The smallest absolute Gasteiger partial charge is 0.220 e. The molecule has 3 heterocycles. The number of hydrogen-bond donors (Lipinski definition) is 1. The molecule has 1 N–H and O–H groups in total. The molecule has 2 atom stereocenters. The van der Waals surface area contributed by atoms with Crippen LogP contribution >= 0.6 is 22.9 Å². The highest BCUT2D eigenvalue weighted by Crippen LogP contribution is 2.26. The summed E-state index contributed by atoms with van der Waals surface area (Å²) >= 11 is 7.20. The molecule has 6 heteroatoms. The fourth-order valence-electron chi connectivity index (χ4n) is 3.07. The SMILES string of the molecule is O=C1CCC2CN(CC(=O)c3ccc(Cl)s3)CCC2N1. The third-order valence-electron chi connectivity index (χ3n) is 4.12. The lowest BCUT2D eigenvalue weighted by Crippen LogP contribution is -2.54. The quantitative estimate of drug-likeness (QED) is 0.870. The third-order valence-corrected chi connectivity index (χ3v) is 5.39. The van der Waals surface area contributed by atoms with Crippen LogP contribution in [0.3, 0.4) is 0 Å². The highest BCUT2D eigenvalue weighted by atomic mass is 35.5. The van der Waals surface area contributed by atoms with E-state index in [1.54, 1.807) is 12.1 Å². The lowest BCUT2D eigenvalue weighted by atomic mass is 9.85. The molecule has 4 nitrogen and oxygen atoms in total. The average molecular weight is 313 g/mol. The zero-order valence-corrected chi connectivity index (χ0v) is 12.7. The summed E-state index contributed by atoms with van der Waals surface area (Å²) in [4.78, 5) is 26.5. The van der Waals surface area contributed by atoms with Crippen molar-refractivity contribution in [3.8, 4) is 0 Å². The van der Waals surface area contributed by atoms with Gasteiger partial charge in [-0.15, -0.1) is 11.3 Å². The van der Waals surface area contributed by atoms with E-state index in [0.29, 0.717) is 29.3 Å². The van der Waals surface area contributed by atoms with Crippen molar-refractivity contribution in [3.05, 3.63) is 21.3 Å². The van der Waals surface area contributed by atoms with E-state index >= 15 is 0 Å². The van der Waals surface area contributed by atoms with Crippen molar-refractivity contribution in [2.24, 2.45) is 5.92 Å². The van der Waals surface area contributed by atoms with Crippen molar-refractivity contribution < 1.29 is 9.59 Å². The Kier molecular flexibility index (Phi) is 4.10. The van der Waals surface area contributed by atoms with E-state index in [1.807, 2.05) is 0 Å². The highest BCUT2D eigenvalue weighted by molar-refractivity contribution is 7.18. The molecule has 20 heavy (non-hydrogen) atoms. The molecule has 0 saturated carbocycles. The number of halogens is 1. The van der Waals surface area contributed by atoms with Crippen molar-refractivity contribution >= 4 is 34.6 Å². The number of hydrogen-bond acceptors (Lipinski definition) is 4. The zero-order chi connectivity index (χ0) is 14.1. The van der Waals surface area contributed by atoms with Gasteiger partial charge in [0.25, 0.3) is 0 Å². The number of fused-ring (bicyclic) bond motifs is 1. The van der Waals surface area contributed by atoms with Crippen molar-refractivity contribution in [2.75, 3.05) is 19.6 Å².